The lowest BCUT2D eigenvalue weighted by Crippen LogP contribution is -2.40. The Kier molecular flexibility index (Phi) is 4.56. The number of benzene rings is 2. The van der Waals surface area contributed by atoms with Gasteiger partial charge in [0.15, 0.2) is 0 Å². The molecule has 1 aliphatic heterocycles. The fourth-order valence-corrected chi connectivity index (χ4v) is 4.13. The maximum Gasteiger partial charge on any atom is 0.226 e. The minimum Gasteiger partial charge on any atom is -0.342 e. The van der Waals surface area contributed by atoms with Gasteiger partial charge in [0.2, 0.25) is 5.91 Å². The van der Waals surface area contributed by atoms with E-state index in [9.17, 15) is 9.18 Å². The van der Waals surface area contributed by atoms with Crippen molar-refractivity contribution in [2.75, 3.05) is 13.1 Å². The normalized spacial score (nSPS) is 23.5. The number of hydrogen-bond donors (Lipinski definition) is 0. The monoisotopic (exact) mass is 337 g/mol. The summed E-state index contributed by atoms with van der Waals surface area (Å²) in [5, 5.41) is 0. The zero-order valence-electron chi connectivity index (χ0n) is 14.4. The molecule has 25 heavy (non-hydrogen) atoms. The maximum atomic E-state index is 13.9. The highest BCUT2D eigenvalue weighted by Gasteiger charge is 2.47. The van der Waals surface area contributed by atoms with Crippen LogP contribution in [0.25, 0.3) is 0 Å². The Balaban J connectivity index is 1.30. The third kappa shape index (κ3) is 3.60. The summed E-state index contributed by atoms with van der Waals surface area (Å²) < 4.78 is 13.9. The molecule has 3 heteroatoms. The second kappa shape index (κ2) is 6.99. The van der Waals surface area contributed by atoms with Gasteiger partial charge in [-0.2, -0.15) is 0 Å². The molecule has 1 aliphatic carbocycles. The van der Waals surface area contributed by atoms with E-state index < -0.39 is 0 Å². The molecule has 1 heterocycles. The van der Waals surface area contributed by atoms with Crippen LogP contribution in [0.5, 0.6) is 0 Å². The summed E-state index contributed by atoms with van der Waals surface area (Å²) in [4.78, 5) is 14.7. The van der Waals surface area contributed by atoms with Crippen LogP contribution in [0, 0.1) is 17.7 Å². The molecule has 2 fully saturated rings. The number of rotatable bonds is 4. The zero-order valence-corrected chi connectivity index (χ0v) is 14.4. The standard InChI is InChI=1S/C22H24FNO/c23-21-9-5-4-8-18(21)19-15-20(19)22(25)24-12-10-17(11-13-24)14-16-6-2-1-3-7-16/h1-9,17,19-20H,10-15H2. The van der Waals surface area contributed by atoms with E-state index in [-0.39, 0.29) is 23.6 Å². The van der Waals surface area contributed by atoms with Crippen molar-refractivity contribution in [3.63, 3.8) is 0 Å². The van der Waals surface area contributed by atoms with Gasteiger partial charge in [-0.15, -0.1) is 0 Å². The fraction of sp³-hybridized carbons (Fsp3) is 0.409. The topological polar surface area (TPSA) is 20.3 Å². The van der Waals surface area contributed by atoms with Crippen LogP contribution in [0.2, 0.25) is 0 Å². The predicted octanol–water partition coefficient (Wildman–Crippen LogP) is 4.41. The summed E-state index contributed by atoms with van der Waals surface area (Å²) >= 11 is 0. The highest BCUT2D eigenvalue weighted by molar-refractivity contribution is 5.83. The largest absolute Gasteiger partial charge is 0.342 e. The number of carbonyl (C=O) groups is 1. The first-order valence-corrected chi connectivity index (χ1v) is 9.29. The van der Waals surface area contributed by atoms with Crippen molar-refractivity contribution in [3.05, 3.63) is 71.5 Å². The molecule has 2 unspecified atom stereocenters. The van der Waals surface area contributed by atoms with Crippen LogP contribution in [-0.4, -0.2) is 23.9 Å². The van der Waals surface area contributed by atoms with E-state index in [1.165, 1.54) is 11.6 Å². The first kappa shape index (κ1) is 16.3. The van der Waals surface area contributed by atoms with Crippen molar-refractivity contribution in [2.24, 2.45) is 11.8 Å². The van der Waals surface area contributed by atoms with Gasteiger partial charge in [0.25, 0.3) is 0 Å². The van der Waals surface area contributed by atoms with Gasteiger partial charge in [-0.05, 0) is 54.7 Å². The van der Waals surface area contributed by atoms with Crippen LogP contribution in [-0.2, 0) is 11.2 Å². The second-order valence-corrected chi connectivity index (χ2v) is 7.43. The van der Waals surface area contributed by atoms with Gasteiger partial charge in [-0.3, -0.25) is 4.79 Å². The minimum absolute atomic E-state index is 0.0115. The summed E-state index contributed by atoms with van der Waals surface area (Å²) in [5.41, 5.74) is 2.09. The van der Waals surface area contributed by atoms with Crippen LogP contribution in [0.4, 0.5) is 4.39 Å². The van der Waals surface area contributed by atoms with E-state index in [0.29, 0.717) is 11.5 Å². The van der Waals surface area contributed by atoms with Crippen molar-refractivity contribution in [3.8, 4) is 0 Å². The highest BCUT2D eigenvalue weighted by Crippen LogP contribution is 2.49. The van der Waals surface area contributed by atoms with Gasteiger partial charge in [0.05, 0.1) is 0 Å². The molecule has 2 nitrogen and oxygen atoms in total. The Hall–Kier alpha value is -2.16. The lowest BCUT2D eigenvalue weighted by molar-refractivity contribution is -0.134. The SMILES string of the molecule is O=C(C1CC1c1ccccc1F)N1CCC(Cc2ccccc2)CC1. The number of hydrogen-bond acceptors (Lipinski definition) is 1. The number of halogens is 1. The Morgan fingerprint density at radius 1 is 1.00 bits per heavy atom. The molecule has 2 atom stereocenters. The van der Waals surface area contributed by atoms with Gasteiger partial charge < -0.3 is 4.90 Å². The zero-order chi connectivity index (χ0) is 17.2. The summed E-state index contributed by atoms with van der Waals surface area (Å²) in [7, 11) is 0. The first-order chi connectivity index (χ1) is 12.2. The van der Waals surface area contributed by atoms with Crippen LogP contribution in [0.15, 0.2) is 54.6 Å². The minimum atomic E-state index is -0.177. The maximum absolute atomic E-state index is 13.9. The molecule has 0 spiro atoms. The smallest absolute Gasteiger partial charge is 0.226 e. The summed E-state index contributed by atoms with van der Waals surface area (Å²) in [5.74, 6) is 0.780. The molecule has 0 bridgehead atoms. The third-order valence-corrected chi connectivity index (χ3v) is 5.71. The lowest BCUT2D eigenvalue weighted by atomic mass is 9.90. The lowest BCUT2D eigenvalue weighted by Gasteiger charge is -2.32. The molecule has 0 N–H and O–H groups in total. The van der Waals surface area contributed by atoms with Crippen molar-refractivity contribution < 1.29 is 9.18 Å². The van der Waals surface area contributed by atoms with Gasteiger partial charge in [-0.25, -0.2) is 4.39 Å². The number of carbonyl (C=O) groups excluding carboxylic acids is 1. The third-order valence-electron chi connectivity index (χ3n) is 5.71. The number of nitrogens with zero attached hydrogens (tertiary/aromatic N) is 1. The summed E-state index contributed by atoms with van der Waals surface area (Å²) in [6.45, 7) is 1.69. The van der Waals surface area contributed by atoms with E-state index in [4.69, 9.17) is 0 Å². The Morgan fingerprint density at radius 3 is 2.40 bits per heavy atom. The molecular formula is C22H24FNO. The van der Waals surface area contributed by atoms with E-state index in [2.05, 4.69) is 24.3 Å². The molecule has 2 aliphatic rings. The molecule has 2 aromatic carbocycles. The Morgan fingerprint density at radius 2 is 1.68 bits per heavy atom. The quantitative estimate of drug-likeness (QED) is 0.809. The molecular weight excluding hydrogens is 313 g/mol. The van der Waals surface area contributed by atoms with Crippen molar-refractivity contribution >= 4 is 5.91 Å². The highest BCUT2D eigenvalue weighted by atomic mass is 19.1. The number of likely N-dealkylation sites (tertiary alicyclic amines) is 1. The van der Waals surface area contributed by atoms with Gasteiger partial charge >= 0.3 is 0 Å². The van der Waals surface area contributed by atoms with Crippen molar-refractivity contribution in [1.29, 1.82) is 0 Å². The predicted molar refractivity (Wildman–Crippen MR) is 96.7 cm³/mol. The second-order valence-electron chi connectivity index (χ2n) is 7.43. The van der Waals surface area contributed by atoms with Gasteiger partial charge in [-0.1, -0.05) is 48.5 Å². The van der Waals surface area contributed by atoms with Crippen molar-refractivity contribution in [2.45, 2.75) is 31.6 Å². The number of piperidine rings is 1. The average Bonchev–Trinajstić information content (AvgIpc) is 3.44. The molecule has 0 aromatic heterocycles. The fourth-order valence-electron chi connectivity index (χ4n) is 4.13. The summed E-state index contributed by atoms with van der Waals surface area (Å²) in [6, 6.07) is 17.5. The van der Waals surface area contributed by atoms with Crippen LogP contribution in [0.1, 0.15) is 36.3 Å². The average molecular weight is 337 g/mol. The van der Waals surface area contributed by atoms with Crippen LogP contribution >= 0.6 is 0 Å². The summed E-state index contributed by atoms with van der Waals surface area (Å²) in [6.07, 6.45) is 4.03. The van der Waals surface area contributed by atoms with Gasteiger partial charge in [0.1, 0.15) is 5.82 Å². The molecule has 1 amide bonds. The van der Waals surface area contributed by atoms with E-state index in [1.807, 2.05) is 23.1 Å². The van der Waals surface area contributed by atoms with E-state index in [0.717, 1.165) is 38.8 Å². The first-order valence-electron chi connectivity index (χ1n) is 9.29. The van der Waals surface area contributed by atoms with Crippen LogP contribution < -0.4 is 0 Å². The van der Waals surface area contributed by atoms with Crippen molar-refractivity contribution in [1.82, 2.24) is 4.90 Å². The molecule has 1 saturated carbocycles. The molecule has 4 rings (SSSR count). The molecule has 0 radical (unpaired) electrons. The van der Waals surface area contributed by atoms with Gasteiger partial charge in [0, 0.05) is 19.0 Å². The molecule has 1 saturated heterocycles. The Labute approximate surface area is 148 Å². The molecule has 130 valence electrons. The number of amides is 1. The van der Waals surface area contributed by atoms with E-state index in [1.54, 1.807) is 6.07 Å². The van der Waals surface area contributed by atoms with Crippen LogP contribution in [0.3, 0.4) is 0 Å². The Bertz CT molecular complexity index is 737. The molecule has 2 aromatic rings. The van der Waals surface area contributed by atoms with E-state index >= 15 is 0 Å².